The van der Waals surface area contributed by atoms with Crippen LogP contribution in [-0.4, -0.2) is 33.4 Å². The van der Waals surface area contributed by atoms with Gasteiger partial charge in [-0.1, -0.05) is 19.8 Å². The number of H-pyrrole nitrogens is 1. The summed E-state index contributed by atoms with van der Waals surface area (Å²) in [6, 6.07) is 5.16. The van der Waals surface area contributed by atoms with E-state index in [1.54, 1.807) is 27.7 Å². The number of nitrogens with one attached hydrogen (secondary N) is 1. The lowest BCUT2D eigenvalue weighted by atomic mass is 10.1. The summed E-state index contributed by atoms with van der Waals surface area (Å²) in [5, 5.41) is 0.566. The highest BCUT2D eigenvalue weighted by molar-refractivity contribution is 7.71. The van der Waals surface area contributed by atoms with E-state index in [9.17, 15) is 9.59 Å². The van der Waals surface area contributed by atoms with Crippen LogP contribution in [0.15, 0.2) is 23.0 Å². The zero-order valence-electron chi connectivity index (χ0n) is 14.6. The molecule has 0 atom stereocenters. The number of nitrogens with zero attached hydrogens (tertiary/aromatic N) is 2. The molecule has 0 bridgehead atoms. The molecule has 1 aromatic carbocycles. The smallest absolute Gasteiger partial charge is 0.262 e. The van der Waals surface area contributed by atoms with E-state index < -0.39 is 0 Å². The van der Waals surface area contributed by atoms with Gasteiger partial charge in [-0.2, -0.15) is 0 Å². The summed E-state index contributed by atoms with van der Waals surface area (Å²) in [5.41, 5.74) is 1.10. The van der Waals surface area contributed by atoms with E-state index in [-0.39, 0.29) is 11.5 Å². The third-order valence-corrected chi connectivity index (χ3v) is 4.59. The first-order valence-corrected chi connectivity index (χ1v) is 9.00. The number of unbranched alkanes of at least 4 members (excludes halogenated alkanes) is 2. The van der Waals surface area contributed by atoms with Crippen LogP contribution in [0.5, 0.6) is 0 Å². The molecule has 0 aliphatic heterocycles. The summed E-state index contributed by atoms with van der Waals surface area (Å²) in [7, 11) is 0. The zero-order chi connectivity index (χ0) is 17.7. The van der Waals surface area contributed by atoms with Gasteiger partial charge in [-0.3, -0.25) is 14.2 Å². The number of rotatable bonds is 7. The van der Waals surface area contributed by atoms with Crippen LogP contribution in [0.3, 0.4) is 0 Å². The minimum atomic E-state index is -0.0910. The van der Waals surface area contributed by atoms with Crippen LogP contribution in [0.1, 0.15) is 50.4 Å². The predicted octanol–water partition coefficient (Wildman–Crippen LogP) is 3.73. The van der Waals surface area contributed by atoms with E-state index in [2.05, 4.69) is 11.9 Å². The third kappa shape index (κ3) is 3.75. The van der Waals surface area contributed by atoms with Crippen molar-refractivity contribution in [2.24, 2.45) is 0 Å². The second-order valence-corrected chi connectivity index (χ2v) is 6.22. The Morgan fingerprint density at radius 3 is 2.54 bits per heavy atom. The van der Waals surface area contributed by atoms with E-state index in [1.165, 1.54) is 0 Å². The minimum Gasteiger partial charge on any atom is -0.339 e. The van der Waals surface area contributed by atoms with Crippen molar-refractivity contribution in [3.63, 3.8) is 0 Å². The molecule has 1 N–H and O–H groups in total. The van der Waals surface area contributed by atoms with E-state index in [4.69, 9.17) is 12.2 Å². The van der Waals surface area contributed by atoms with Gasteiger partial charge in [0.15, 0.2) is 4.77 Å². The van der Waals surface area contributed by atoms with E-state index in [0.717, 1.165) is 19.3 Å². The molecular formula is C18H25N3O2S. The van der Waals surface area contributed by atoms with Gasteiger partial charge in [0.1, 0.15) is 0 Å². The highest BCUT2D eigenvalue weighted by Gasteiger charge is 2.14. The van der Waals surface area contributed by atoms with Crippen molar-refractivity contribution in [1.29, 1.82) is 0 Å². The quantitative estimate of drug-likeness (QED) is 0.613. The van der Waals surface area contributed by atoms with Crippen LogP contribution in [0, 0.1) is 4.77 Å². The molecule has 1 heterocycles. The Hall–Kier alpha value is -1.95. The minimum absolute atomic E-state index is 0.0339. The molecule has 1 amide bonds. The standard InChI is InChI=1S/C18H25N3O2S/c1-4-7-8-11-21-17(23)14-10-9-13(12-15(14)19-18(21)24)16(22)20(5-2)6-3/h9-10,12H,4-8,11H2,1-3H3,(H,19,24). The van der Waals surface area contributed by atoms with Gasteiger partial charge in [-0.05, 0) is 50.7 Å². The number of carbonyl (C=O) groups is 1. The molecule has 24 heavy (non-hydrogen) atoms. The highest BCUT2D eigenvalue weighted by Crippen LogP contribution is 2.13. The highest BCUT2D eigenvalue weighted by atomic mass is 32.1. The number of hydrogen-bond acceptors (Lipinski definition) is 3. The molecule has 0 fully saturated rings. The second-order valence-electron chi connectivity index (χ2n) is 5.83. The topological polar surface area (TPSA) is 58.1 Å². The van der Waals surface area contributed by atoms with Crippen molar-refractivity contribution in [3.05, 3.63) is 38.9 Å². The number of benzene rings is 1. The fraction of sp³-hybridized carbons (Fsp3) is 0.500. The Balaban J connectivity index is 2.45. The molecule has 0 unspecified atom stereocenters. The molecule has 2 rings (SSSR count). The molecule has 0 spiro atoms. The van der Waals surface area contributed by atoms with Crippen molar-refractivity contribution in [2.45, 2.75) is 46.6 Å². The molecule has 0 saturated heterocycles. The van der Waals surface area contributed by atoms with Crippen LogP contribution >= 0.6 is 12.2 Å². The van der Waals surface area contributed by atoms with Crippen molar-refractivity contribution in [2.75, 3.05) is 13.1 Å². The van der Waals surface area contributed by atoms with Crippen LogP contribution in [0.2, 0.25) is 0 Å². The molecule has 5 nitrogen and oxygen atoms in total. The van der Waals surface area contributed by atoms with E-state index >= 15 is 0 Å². The fourth-order valence-electron chi connectivity index (χ4n) is 2.80. The van der Waals surface area contributed by atoms with Crippen molar-refractivity contribution < 1.29 is 4.79 Å². The lowest BCUT2D eigenvalue weighted by Gasteiger charge is -2.18. The summed E-state index contributed by atoms with van der Waals surface area (Å²) in [6.07, 6.45) is 3.09. The molecule has 6 heteroatoms. The SMILES string of the molecule is CCCCCn1c(=S)[nH]c2cc(C(=O)N(CC)CC)ccc2c1=O. The average molecular weight is 347 g/mol. The fourth-order valence-corrected chi connectivity index (χ4v) is 3.09. The van der Waals surface area contributed by atoms with Gasteiger partial charge in [0.05, 0.1) is 10.9 Å². The Morgan fingerprint density at radius 1 is 1.21 bits per heavy atom. The van der Waals surface area contributed by atoms with Crippen LogP contribution in [-0.2, 0) is 6.54 Å². The van der Waals surface area contributed by atoms with Gasteiger partial charge in [-0.15, -0.1) is 0 Å². The number of carbonyl (C=O) groups excluding carboxylic acids is 1. The second kappa shape index (κ2) is 8.24. The van der Waals surface area contributed by atoms with Gasteiger partial charge in [0.25, 0.3) is 11.5 Å². The molecule has 130 valence electrons. The van der Waals surface area contributed by atoms with Crippen LogP contribution in [0.25, 0.3) is 10.9 Å². The molecular weight excluding hydrogens is 322 g/mol. The summed E-state index contributed by atoms with van der Waals surface area (Å²) in [4.78, 5) is 30.0. The summed E-state index contributed by atoms with van der Waals surface area (Å²) >= 11 is 5.33. The number of aromatic amines is 1. The first kappa shape index (κ1) is 18.4. The molecule has 0 radical (unpaired) electrons. The van der Waals surface area contributed by atoms with Gasteiger partial charge >= 0.3 is 0 Å². The number of aromatic nitrogens is 2. The molecule has 0 aliphatic carbocycles. The Bertz CT molecular complexity index is 834. The predicted molar refractivity (Wildman–Crippen MR) is 100 cm³/mol. The summed E-state index contributed by atoms with van der Waals surface area (Å²) < 4.78 is 2.02. The molecule has 1 aromatic heterocycles. The number of amides is 1. The van der Waals surface area contributed by atoms with Gasteiger partial charge in [0, 0.05) is 25.2 Å². The first-order valence-electron chi connectivity index (χ1n) is 8.59. The Kier molecular flexibility index (Phi) is 6.31. The normalized spacial score (nSPS) is 11.0. The maximum Gasteiger partial charge on any atom is 0.262 e. The van der Waals surface area contributed by atoms with Crippen LogP contribution < -0.4 is 5.56 Å². The summed E-state index contributed by atoms with van der Waals surface area (Å²) in [5.74, 6) is -0.0339. The zero-order valence-corrected chi connectivity index (χ0v) is 15.4. The monoisotopic (exact) mass is 347 g/mol. The van der Waals surface area contributed by atoms with E-state index in [1.807, 2.05) is 13.8 Å². The summed E-state index contributed by atoms with van der Waals surface area (Å²) in [6.45, 7) is 7.96. The number of hydrogen-bond donors (Lipinski definition) is 1. The maximum absolute atomic E-state index is 12.7. The Labute approximate surface area is 147 Å². The lowest BCUT2D eigenvalue weighted by molar-refractivity contribution is 0.0773. The van der Waals surface area contributed by atoms with Crippen molar-refractivity contribution in [3.8, 4) is 0 Å². The van der Waals surface area contributed by atoms with Crippen molar-refractivity contribution in [1.82, 2.24) is 14.5 Å². The van der Waals surface area contributed by atoms with E-state index in [0.29, 0.717) is 40.9 Å². The third-order valence-electron chi connectivity index (χ3n) is 4.26. The maximum atomic E-state index is 12.7. The van der Waals surface area contributed by atoms with Crippen LogP contribution in [0.4, 0.5) is 0 Å². The lowest BCUT2D eigenvalue weighted by Crippen LogP contribution is -2.30. The largest absolute Gasteiger partial charge is 0.339 e. The Morgan fingerprint density at radius 2 is 1.92 bits per heavy atom. The molecule has 2 aromatic rings. The molecule has 0 aliphatic rings. The number of fused-ring (bicyclic) bond motifs is 1. The molecule has 0 saturated carbocycles. The van der Waals surface area contributed by atoms with Crippen molar-refractivity contribution >= 4 is 29.0 Å². The average Bonchev–Trinajstić information content (AvgIpc) is 2.58. The van der Waals surface area contributed by atoms with Gasteiger partial charge in [0.2, 0.25) is 0 Å². The first-order chi connectivity index (χ1) is 11.5. The van der Waals surface area contributed by atoms with Gasteiger partial charge < -0.3 is 9.88 Å². The van der Waals surface area contributed by atoms with Gasteiger partial charge in [-0.25, -0.2) is 0 Å².